The van der Waals surface area contributed by atoms with Crippen LogP contribution >= 0.6 is 0 Å². The first-order chi connectivity index (χ1) is 9.93. The number of carboxylic acid groups (broad SMARTS) is 1. The lowest BCUT2D eigenvalue weighted by Gasteiger charge is -2.12. The number of esters is 1. The second kappa shape index (κ2) is 8.14. The van der Waals surface area contributed by atoms with Crippen LogP contribution in [0.5, 0.6) is 11.5 Å². The third-order valence-corrected chi connectivity index (χ3v) is 2.37. The first-order valence-electron chi connectivity index (χ1n) is 6.76. The molecular weight excluding hydrogens is 276 g/mol. The summed E-state index contributed by atoms with van der Waals surface area (Å²) in [5.41, 5.74) is -0.0313. The minimum Gasteiger partial charge on any atom is -0.493 e. The van der Waals surface area contributed by atoms with Crippen LogP contribution in [-0.2, 0) is 9.53 Å². The van der Waals surface area contributed by atoms with E-state index >= 15 is 0 Å². The van der Waals surface area contributed by atoms with Crippen molar-refractivity contribution in [3.63, 3.8) is 0 Å². The van der Waals surface area contributed by atoms with Gasteiger partial charge in [0, 0.05) is 6.07 Å². The maximum Gasteiger partial charge on any atom is 0.344 e. The Morgan fingerprint density at radius 2 is 1.95 bits per heavy atom. The number of hydrogen-bond acceptors (Lipinski definition) is 5. The molecule has 0 fully saturated rings. The summed E-state index contributed by atoms with van der Waals surface area (Å²) >= 11 is 0. The van der Waals surface area contributed by atoms with Gasteiger partial charge in [-0.3, -0.25) is 0 Å². The Hall–Kier alpha value is -2.24. The van der Waals surface area contributed by atoms with E-state index in [0.29, 0.717) is 12.4 Å². The van der Waals surface area contributed by atoms with Crippen molar-refractivity contribution in [1.82, 2.24) is 0 Å². The van der Waals surface area contributed by atoms with Gasteiger partial charge in [0.05, 0.1) is 12.7 Å². The molecule has 1 N–H and O–H groups in total. The zero-order chi connectivity index (χ0) is 15.8. The highest BCUT2D eigenvalue weighted by molar-refractivity contribution is 5.91. The molecule has 1 rings (SSSR count). The summed E-state index contributed by atoms with van der Waals surface area (Å²) in [4.78, 5) is 22.6. The predicted octanol–water partition coefficient (Wildman–Crippen LogP) is 2.50. The molecule has 0 aliphatic rings. The fraction of sp³-hybridized carbons (Fsp3) is 0.467. The molecule has 0 radical (unpaired) electrons. The Morgan fingerprint density at radius 3 is 2.52 bits per heavy atom. The van der Waals surface area contributed by atoms with Crippen molar-refractivity contribution in [3.8, 4) is 11.5 Å². The molecule has 116 valence electrons. The second-order valence-corrected chi connectivity index (χ2v) is 4.64. The summed E-state index contributed by atoms with van der Waals surface area (Å²) in [6, 6.07) is 4.40. The van der Waals surface area contributed by atoms with E-state index in [-0.39, 0.29) is 24.0 Å². The van der Waals surface area contributed by atoms with E-state index in [4.69, 9.17) is 19.3 Å². The highest BCUT2D eigenvalue weighted by atomic mass is 16.6. The molecule has 0 unspecified atom stereocenters. The van der Waals surface area contributed by atoms with Gasteiger partial charge in [-0.25, -0.2) is 9.59 Å². The fourth-order valence-electron chi connectivity index (χ4n) is 1.54. The van der Waals surface area contributed by atoms with E-state index in [1.807, 2.05) is 6.92 Å². The van der Waals surface area contributed by atoms with E-state index < -0.39 is 11.9 Å². The summed E-state index contributed by atoms with van der Waals surface area (Å²) < 4.78 is 15.6. The SMILES string of the molecule is CCCOc1ccc(C(=O)O)c(OCC(=O)OC(C)C)c1. The monoisotopic (exact) mass is 296 g/mol. The van der Waals surface area contributed by atoms with E-state index in [0.717, 1.165) is 6.42 Å². The van der Waals surface area contributed by atoms with Crippen molar-refractivity contribution >= 4 is 11.9 Å². The van der Waals surface area contributed by atoms with Crippen molar-refractivity contribution in [2.45, 2.75) is 33.3 Å². The molecule has 0 aromatic heterocycles. The van der Waals surface area contributed by atoms with Crippen molar-refractivity contribution in [2.24, 2.45) is 0 Å². The lowest BCUT2D eigenvalue weighted by molar-refractivity contribution is -0.149. The molecule has 6 heteroatoms. The minimum absolute atomic E-state index is 0.0313. The van der Waals surface area contributed by atoms with Crippen LogP contribution in [0.1, 0.15) is 37.6 Å². The summed E-state index contributed by atoms with van der Waals surface area (Å²) in [6.45, 7) is 5.57. The highest BCUT2D eigenvalue weighted by Gasteiger charge is 2.15. The van der Waals surface area contributed by atoms with Crippen molar-refractivity contribution in [3.05, 3.63) is 23.8 Å². The molecule has 0 saturated carbocycles. The number of carbonyl (C=O) groups is 2. The quantitative estimate of drug-likeness (QED) is 0.742. The molecule has 0 heterocycles. The average Bonchev–Trinajstić information content (AvgIpc) is 2.42. The van der Waals surface area contributed by atoms with Crippen molar-refractivity contribution in [2.75, 3.05) is 13.2 Å². The first kappa shape index (κ1) is 16.8. The van der Waals surface area contributed by atoms with Gasteiger partial charge in [-0.2, -0.15) is 0 Å². The average molecular weight is 296 g/mol. The molecule has 0 aliphatic carbocycles. The zero-order valence-corrected chi connectivity index (χ0v) is 12.4. The molecule has 0 atom stereocenters. The van der Waals surface area contributed by atoms with Crippen LogP contribution in [0.25, 0.3) is 0 Å². The molecule has 1 aromatic rings. The standard InChI is InChI=1S/C15H20O6/c1-4-7-19-11-5-6-12(15(17)18)13(8-11)20-9-14(16)21-10(2)3/h5-6,8,10H,4,7,9H2,1-3H3,(H,17,18). The summed E-state index contributed by atoms with van der Waals surface area (Å²) in [5, 5.41) is 9.11. The first-order valence-corrected chi connectivity index (χ1v) is 6.76. The Kier molecular flexibility index (Phi) is 6.52. The third kappa shape index (κ3) is 5.72. The molecule has 1 aromatic carbocycles. The van der Waals surface area contributed by atoms with Gasteiger partial charge in [-0.1, -0.05) is 6.92 Å². The predicted molar refractivity (Wildman–Crippen MR) is 75.9 cm³/mol. The molecule has 0 saturated heterocycles. The van der Waals surface area contributed by atoms with E-state index in [1.54, 1.807) is 19.9 Å². The van der Waals surface area contributed by atoms with Crippen molar-refractivity contribution in [1.29, 1.82) is 0 Å². The van der Waals surface area contributed by atoms with Crippen LogP contribution in [0.2, 0.25) is 0 Å². The third-order valence-electron chi connectivity index (χ3n) is 2.37. The number of rotatable bonds is 8. The number of ether oxygens (including phenoxy) is 3. The number of hydrogen-bond donors (Lipinski definition) is 1. The van der Waals surface area contributed by atoms with Crippen LogP contribution in [0.4, 0.5) is 0 Å². The van der Waals surface area contributed by atoms with Gasteiger partial charge < -0.3 is 19.3 Å². The largest absolute Gasteiger partial charge is 0.493 e. The number of aromatic carboxylic acids is 1. The van der Waals surface area contributed by atoms with E-state index in [9.17, 15) is 9.59 Å². The topological polar surface area (TPSA) is 82.1 Å². The Balaban J connectivity index is 2.80. The molecule has 0 amide bonds. The van der Waals surface area contributed by atoms with Crippen LogP contribution in [0.15, 0.2) is 18.2 Å². The molecule has 21 heavy (non-hydrogen) atoms. The molecular formula is C15H20O6. The highest BCUT2D eigenvalue weighted by Crippen LogP contribution is 2.25. The molecule has 0 bridgehead atoms. The summed E-state index contributed by atoms with van der Waals surface area (Å²) in [6.07, 6.45) is 0.580. The van der Waals surface area contributed by atoms with Gasteiger partial charge in [0.15, 0.2) is 6.61 Å². The maximum atomic E-state index is 11.4. The molecule has 6 nitrogen and oxygen atoms in total. The zero-order valence-electron chi connectivity index (χ0n) is 12.4. The Morgan fingerprint density at radius 1 is 1.24 bits per heavy atom. The van der Waals surface area contributed by atoms with E-state index in [1.165, 1.54) is 12.1 Å². The fourth-order valence-corrected chi connectivity index (χ4v) is 1.54. The van der Waals surface area contributed by atoms with Crippen molar-refractivity contribution < 1.29 is 28.9 Å². The lowest BCUT2D eigenvalue weighted by Crippen LogP contribution is -2.19. The van der Waals surface area contributed by atoms with Crippen LogP contribution in [0.3, 0.4) is 0 Å². The van der Waals surface area contributed by atoms with Crippen LogP contribution in [0, 0.1) is 0 Å². The summed E-state index contributed by atoms with van der Waals surface area (Å²) in [5.74, 6) is -1.11. The number of benzene rings is 1. The van der Waals surface area contributed by atoms with Gasteiger partial charge in [-0.15, -0.1) is 0 Å². The second-order valence-electron chi connectivity index (χ2n) is 4.64. The van der Waals surface area contributed by atoms with Gasteiger partial charge in [-0.05, 0) is 32.4 Å². The smallest absolute Gasteiger partial charge is 0.344 e. The van der Waals surface area contributed by atoms with E-state index in [2.05, 4.69) is 0 Å². The van der Waals surface area contributed by atoms with Gasteiger partial charge in [0.25, 0.3) is 0 Å². The van der Waals surface area contributed by atoms with Crippen LogP contribution in [-0.4, -0.2) is 36.4 Å². The van der Waals surface area contributed by atoms with Crippen LogP contribution < -0.4 is 9.47 Å². The van der Waals surface area contributed by atoms with Gasteiger partial charge >= 0.3 is 11.9 Å². The lowest BCUT2D eigenvalue weighted by atomic mass is 10.2. The van der Waals surface area contributed by atoms with Gasteiger partial charge in [0.1, 0.15) is 17.1 Å². The normalized spacial score (nSPS) is 10.3. The molecule has 0 aliphatic heterocycles. The number of carboxylic acids is 1. The minimum atomic E-state index is -1.13. The number of carbonyl (C=O) groups excluding carboxylic acids is 1. The maximum absolute atomic E-state index is 11.4. The Bertz CT molecular complexity index is 495. The molecule has 0 spiro atoms. The Labute approximate surface area is 123 Å². The summed E-state index contributed by atoms with van der Waals surface area (Å²) in [7, 11) is 0. The van der Waals surface area contributed by atoms with Gasteiger partial charge in [0.2, 0.25) is 0 Å².